The molecule has 1 aromatic heterocycles. The first-order chi connectivity index (χ1) is 9.24. The maximum Gasteiger partial charge on any atom is 0.132 e. The van der Waals surface area contributed by atoms with Crippen LogP contribution in [0.1, 0.15) is 18.4 Å². The Bertz CT molecular complexity index is 582. The van der Waals surface area contributed by atoms with Gasteiger partial charge >= 0.3 is 0 Å². The maximum absolute atomic E-state index is 13.7. The highest BCUT2D eigenvalue weighted by atomic mass is 35.5. The second-order valence-electron chi connectivity index (χ2n) is 5.22. The Morgan fingerprint density at radius 2 is 2.00 bits per heavy atom. The summed E-state index contributed by atoms with van der Waals surface area (Å²) in [5.41, 5.74) is 7.78. The molecule has 2 N–H and O–H groups in total. The molecule has 2 heterocycles. The van der Waals surface area contributed by atoms with Crippen LogP contribution in [0.25, 0.3) is 10.9 Å². The average Bonchev–Trinajstić information content (AvgIpc) is 2.45. The third-order valence-corrected chi connectivity index (χ3v) is 3.83. The van der Waals surface area contributed by atoms with E-state index >= 15 is 0 Å². The fourth-order valence-corrected chi connectivity index (χ4v) is 2.68. The van der Waals surface area contributed by atoms with Crippen LogP contribution >= 0.6 is 12.4 Å². The zero-order valence-electron chi connectivity index (χ0n) is 11.3. The number of aromatic nitrogens is 1. The number of benzene rings is 1. The quantitative estimate of drug-likeness (QED) is 0.926. The minimum Gasteiger partial charge on any atom is -0.328 e. The largest absolute Gasteiger partial charge is 0.328 e. The molecular formula is C15H19ClFN3. The van der Waals surface area contributed by atoms with E-state index in [1.807, 2.05) is 6.07 Å². The maximum atomic E-state index is 13.7. The summed E-state index contributed by atoms with van der Waals surface area (Å²) in [4.78, 5) is 6.70. The minimum atomic E-state index is -0.201. The third-order valence-electron chi connectivity index (χ3n) is 3.83. The molecule has 0 spiro atoms. The van der Waals surface area contributed by atoms with E-state index in [9.17, 15) is 4.39 Å². The molecular weight excluding hydrogens is 277 g/mol. The van der Waals surface area contributed by atoms with Gasteiger partial charge in [-0.05, 0) is 49.7 Å². The first-order valence-electron chi connectivity index (χ1n) is 6.74. The summed E-state index contributed by atoms with van der Waals surface area (Å²) in [6.07, 6.45) is 3.79. The van der Waals surface area contributed by atoms with Crippen molar-refractivity contribution >= 4 is 23.3 Å². The van der Waals surface area contributed by atoms with E-state index in [0.717, 1.165) is 43.6 Å². The second-order valence-corrected chi connectivity index (χ2v) is 5.22. The number of nitrogens with two attached hydrogens (primary N) is 1. The van der Waals surface area contributed by atoms with E-state index in [0.29, 0.717) is 11.4 Å². The summed E-state index contributed by atoms with van der Waals surface area (Å²) >= 11 is 0. The molecule has 108 valence electrons. The third kappa shape index (κ3) is 3.08. The van der Waals surface area contributed by atoms with E-state index in [-0.39, 0.29) is 18.2 Å². The van der Waals surface area contributed by atoms with E-state index in [4.69, 9.17) is 5.73 Å². The summed E-state index contributed by atoms with van der Waals surface area (Å²) in [6, 6.07) is 7.27. The van der Waals surface area contributed by atoms with Gasteiger partial charge in [0.1, 0.15) is 5.82 Å². The van der Waals surface area contributed by atoms with Crippen LogP contribution in [0.5, 0.6) is 0 Å². The lowest BCUT2D eigenvalue weighted by atomic mass is 10.0. The van der Waals surface area contributed by atoms with Crippen molar-refractivity contribution in [1.82, 2.24) is 9.88 Å². The molecule has 1 aromatic carbocycles. The van der Waals surface area contributed by atoms with Crippen molar-refractivity contribution < 1.29 is 4.39 Å². The number of rotatable bonds is 2. The smallest absolute Gasteiger partial charge is 0.132 e. The number of hydrogen-bond donors (Lipinski definition) is 1. The van der Waals surface area contributed by atoms with Gasteiger partial charge in [0.2, 0.25) is 0 Å². The standard InChI is InChI=1S/C15H18FN3.ClH/c16-14-4-3-11(15-13(14)2-1-7-18-15)10-19-8-5-12(17)6-9-19;/h1-4,7,12H,5-6,8-10,17H2;1H. The Kier molecular flexibility index (Phi) is 4.91. The van der Waals surface area contributed by atoms with Gasteiger partial charge in [-0.2, -0.15) is 0 Å². The Morgan fingerprint density at radius 3 is 2.75 bits per heavy atom. The number of pyridine rings is 1. The van der Waals surface area contributed by atoms with Gasteiger partial charge in [-0.1, -0.05) is 6.07 Å². The Morgan fingerprint density at radius 1 is 1.25 bits per heavy atom. The van der Waals surface area contributed by atoms with Gasteiger partial charge in [0.25, 0.3) is 0 Å². The fraction of sp³-hybridized carbons (Fsp3) is 0.400. The average molecular weight is 296 g/mol. The van der Waals surface area contributed by atoms with E-state index in [2.05, 4.69) is 9.88 Å². The summed E-state index contributed by atoms with van der Waals surface area (Å²) in [5, 5.41) is 0.605. The van der Waals surface area contributed by atoms with Crippen LogP contribution in [0.15, 0.2) is 30.5 Å². The Balaban J connectivity index is 0.00000147. The number of fused-ring (bicyclic) bond motifs is 1. The van der Waals surface area contributed by atoms with Gasteiger partial charge in [-0.3, -0.25) is 9.88 Å². The summed E-state index contributed by atoms with van der Waals surface area (Å²) < 4.78 is 13.7. The molecule has 0 saturated carbocycles. The first kappa shape index (κ1) is 15.2. The minimum absolute atomic E-state index is 0. The van der Waals surface area contributed by atoms with Crippen molar-refractivity contribution in [2.24, 2.45) is 5.73 Å². The number of hydrogen-bond acceptors (Lipinski definition) is 3. The molecule has 0 radical (unpaired) electrons. The summed E-state index contributed by atoms with van der Waals surface area (Å²) in [5.74, 6) is -0.201. The molecule has 5 heteroatoms. The van der Waals surface area contributed by atoms with Gasteiger partial charge in [0.15, 0.2) is 0 Å². The Hall–Kier alpha value is -1.23. The number of likely N-dealkylation sites (tertiary alicyclic amines) is 1. The molecule has 1 aliphatic heterocycles. The summed E-state index contributed by atoms with van der Waals surface area (Å²) in [7, 11) is 0. The molecule has 20 heavy (non-hydrogen) atoms. The van der Waals surface area contributed by atoms with Crippen molar-refractivity contribution in [3.05, 3.63) is 41.8 Å². The van der Waals surface area contributed by atoms with Crippen molar-refractivity contribution in [1.29, 1.82) is 0 Å². The molecule has 1 aliphatic rings. The molecule has 0 bridgehead atoms. The van der Waals surface area contributed by atoms with E-state index in [1.54, 1.807) is 18.3 Å². The zero-order valence-corrected chi connectivity index (χ0v) is 12.1. The number of halogens is 2. The molecule has 0 amide bonds. The molecule has 0 aliphatic carbocycles. The van der Waals surface area contributed by atoms with Crippen molar-refractivity contribution in [3.8, 4) is 0 Å². The first-order valence-corrected chi connectivity index (χ1v) is 6.74. The molecule has 0 atom stereocenters. The van der Waals surface area contributed by atoms with Crippen LogP contribution in [0.2, 0.25) is 0 Å². The number of nitrogens with zero attached hydrogens (tertiary/aromatic N) is 2. The van der Waals surface area contributed by atoms with E-state index in [1.165, 1.54) is 6.07 Å². The van der Waals surface area contributed by atoms with Crippen molar-refractivity contribution in [3.63, 3.8) is 0 Å². The highest BCUT2D eigenvalue weighted by Crippen LogP contribution is 2.22. The molecule has 3 rings (SSSR count). The van der Waals surface area contributed by atoms with Crippen molar-refractivity contribution in [2.45, 2.75) is 25.4 Å². The van der Waals surface area contributed by atoms with Crippen LogP contribution < -0.4 is 5.73 Å². The van der Waals surface area contributed by atoms with Gasteiger partial charge < -0.3 is 5.73 Å². The lowest BCUT2D eigenvalue weighted by molar-refractivity contribution is 0.206. The molecule has 3 nitrogen and oxygen atoms in total. The van der Waals surface area contributed by atoms with Gasteiger partial charge in [0, 0.05) is 24.2 Å². The van der Waals surface area contributed by atoms with Gasteiger partial charge in [-0.25, -0.2) is 4.39 Å². The second kappa shape index (κ2) is 6.48. The van der Waals surface area contributed by atoms with Crippen molar-refractivity contribution in [2.75, 3.05) is 13.1 Å². The predicted octanol–water partition coefficient (Wildman–Crippen LogP) is 2.72. The lowest BCUT2D eigenvalue weighted by Gasteiger charge is -2.30. The highest BCUT2D eigenvalue weighted by molar-refractivity contribution is 5.85. The normalized spacial score (nSPS) is 17.1. The highest BCUT2D eigenvalue weighted by Gasteiger charge is 2.17. The molecule has 0 unspecified atom stereocenters. The van der Waals surface area contributed by atoms with E-state index < -0.39 is 0 Å². The van der Waals surface area contributed by atoms with Crippen LogP contribution in [-0.4, -0.2) is 29.0 Å². The predicted molar refractivity (Wildman–Crippen MR) is 81.4 cm³/mol. The number of piperidine rings is 1. The van der Waals surface area contributed by atoms with Gasteiger partial charge in [0.05, 0.1) is 5.52 Å². The van der Waals surface area contributed by atoms with Crippen LogP contribution in [0.3, 0.4) is 0 Å². The summed E-state index contributed by atoms with van der Waals surface area (Å²) in [6.45, 7) is 2.83. The lowest BCUT2D eigenvalue weighted by Crippen LogP contribution is -2.39. The van der Waals surface area contributed by atoms with Crippen LogP contribution in [0, 0.1) is 5.82 Å². The van der Waals surface area contributed by atoms with Crippen LogP contribution in [-0.2, 0) is 6.54 Å². The zero-order chi connectivity index (χ0) is 13.2. The topological polar surface area (TPSA) is 42.1 Å². The fourth-order valence-electron chi connectivity index (χ4n) is 2.68. The Labute approximate surface area is 124 Å². The molecule has 2 aromatic rings. The molecule has 1 fully saturated rings. The SMILES string of the molecule is Cl.NC1CCN(Cc2ccc(F)c3cccnc23)CC1. The molecule has 1 saturated heterocycles. The van der Waals surface area contributed by atoms with Gasteiger partial charge in [-0.15, -0.1) is 12.4 Å². The monoisotopic (exact) mass is 295 g/mol. The van der Waals surface area contributed by atoms with Crippen LogP contribution in [0.4, 0.5) is 4.39 Å².